The molecule has 0 bridgehead atoms. The summed E-state index contributed by atoms with van der Waals surface area (Å²) in [7, 11) is 1.60. The summed E-state index contributed by atoms with van der Waals surface area (Å²) >= 11 is 0. The van der Waals surface area contributed by atoms with E-state index >= 15 is 0 Å². The lowest BCUT2D eigenvalue weighted by Crippen LogP contribution is -2.25. The van der Waals surface area contributed by atoms with Gasteiger partial charge in [0.05, 0.1) is 17.8 Å². The van der Waals surface area contributed by atoms with Crippen LogP contribution in [0.4, 0.5) is 5.95 Å². The predicted octanol–water partition coefficient (Wildman–Crippen LogP) is 2.19. The lowest BCUT2D eigenvalue weighted by Gasteiger charge is -2.09. The van der Waals surface area contributed by atoms with Crippen LogP contribution in [0, 0.1) is 0 Å². The number of ether oxygens (including phenoxy) is 2. The van der Waals surface area contributed by atoms with Crippen molar-refractivity contribution in [1.29, 1.82) is 0 Å². The van der Waals surface area contributed by atoms with Crippen LogP contribution >= 0.6 is 0 Å². The third-order valence-corrected chi connectivity index (χ3v) is 4.41. The number of pyridine rings is 1. The Kier molecular flexibility index (Phi) is 5.03. The van der Waals surface area contributed by atoms with Crippen LogP contribution in [0.3, 0.4) is 0 Å². The molecule has 1 aliphatic carbocycles. The van der Waals surface area contributed by atoms with Gasteiger partial charge in [0.15, 0.2) is 5.52 Å². The molecular weight excluding hydrogens is 358 g/mol. The highest BCUT2D eigenvalue weighted by molar-refractivity contribution is 5.95. The van der Waals surface area contributed by atoms with E-state index in [1.165, 1.54) is 0 Å². The Bertz CT molecular complexity index is 1000. The van der Waals surface area contributed by atoms with Gasteiger partial charge in [-0.1, -0.05) is 12.1 Å². The Balaban J connectivity index is 1.61. The smallest absolute Gasteiger partial charge is 0.251 e. The fourth-order valence-corrected chi connectivity index (χ4v) is 2.78. The average molecular weight is 379 g/mol. The monoisotopic (exact) mass is 379 g/mol. The molecule has 28 heavy (non-hydrogen) atoms. The van der Waals surface area contributed by atoms with Crippen LogP contribution < -0.4 is 15.8 Å². The van der Waals surface area contributed by atoms with Crippen LogP contribution in [0.25, 0.3) is 22.3 Å². The molecular formula is C20H21N5O3. The van der Waals surface area contributed by atoms with Crippen LogP contribution in [-0.4, -0.2) is 47.2 Å². The van der Waals surface area contributed by atoms with E-state index in [4.69, 9.17) is 15.2 Å². The SMILES string of the molecule is COCCOc1nc(N)nc2ccc(-c3ccc(C(=O)NC4CC4)cc3)nc12. The Morgan fingerprint density at radius 3 is 2.61 bits per heavy atom. The first-order valence-corrected chi connectivity index (χ1v) is 9.11. The molecule has 0 unspecified atom stereocenters. The maximum Gasteiger partial charge on any atom is 0.251 e. The van der Waals surface area contributed by atoms with Gasteiger partial charge in [-0.25, -0.2) is 9.97 Å². The van der Waals surface area contributed by atoms with E-state index in [9.17, 15) is 4.79 Å². The van der Waals surface area contributed by atoms with Gasteiger partial charge in [-0.05, 0) is 37.1 Å². The fraction of sp³-hybridized carbons (Fsp3) is 0.300. The highest BCUT2D eigenvalue weighted by Gasteiger charge is 2.23. The van der Waals surface area contributed by atoms with E-state index in [-0.39, 0.29) is 11.9 Å². The van der Waals surface area contributed by atoms with Gasteiger partial charge in [0.2, 0.25) is 11.8 Å². The van der Waals surface area contributed by atoms with E-state index in [0.717, 1.165) is 24.1 Å². The summed E-state index contributed by atoms with van der Waals surface area (Å²) in [5.41, 5.74) is 9.13. The lowest BCUT2D eigenvalue weighted by molar-refractivity contribution is 0.0951. The number of carbonyl (C=O) groups excluding carboxylic acids is 1. The Morgan fingerprint density at radius 2 is 1.89 bits per heavy atom. The number of rotatable bonds is 7. The van der Waals surface area contributed by atoms with E-state index in [0.29, 0.717) is 41.7 Å². The van der Waals surface area contributed by atoms with Gasteiger partial charge in [0.25, 0.3) is 5.91 Å². The molecule has 0 aliphatic heterocycles. The van der Waals surface area contributed by atoms with Crippen molar-refractivity contribution >= 4 is 22.9 Å². The zero-order valence-electron chi connectivity index (χ0n) is 15.5. The largest absolute Gasteiger partial charge is 0.474 e. The van der Waals surface area contributed by atoms with Gasteiger partial charge in [0.1, 0.15) is 6.61 Å². The van der Waals surface area contributed by atoms with Gasteiger partial charge < -0.3 is 20.5 Å². The lowest BCUT2D eigenvalue weighted by atomic mass is 10.1. The molecule has 1 saturated carbocycles. The van der Waals surface area contributed by atoms with E-state index in [1.54, 1.807) is 19.2 Å². The first-order chi connectivity index (χ1) is 13.6. The van der Waals surface area contributed by atoms with Gasteiger partial charge in [0, 0.05) is 24.3 Å². The third-order valence-electron chi connectivity index (χ3n) is 4.41. The minimum Gasteiger partial charge on any atom is -0.474 e. The molecule has 1 aromatic carbocycles. The number of nitrogens with one attached hydrogen (secondary N) is 1. The normalized spacial score (nSPS) is 13.5. The number of nitrogen functional groups attached to an aromatic ring is 1. The standard InChI is InChI=1S/C20H21N5O3/c1-27-10-11-28-19-17-16(24-20(21)25-19)9-8-15(23-17)12-2-4-13(5-3-12)18(26)22-14-6-7-14/h2-5,8-9,14H,6-7,10-11H2,1H3,(H,22,26)(H2,21,24,25). The molecule has 1 fully saturated rings. The summed E-state index contributed by atoms with van der Waals surface area (Å²) in [6, 6.07) is 11.4. The minimum absolute atomic E-state index is 0.0433. The van der Waals surface area contributed by atoms with Crippen LogP contribution in [0.15, 0.2) is 36.4 Å². The third kappa shape index (κ3) is 4.01. The minimum atomic E-state index is -0.0433. The number of hydrogen-bond acceptors (Lipinski definition) is 7. The molecule has 4 rings (SSSR count). The Morgan fingerprint density at radius 1 is 1.11 bits per heavy atom. The molecule has 0 saturated heterocycles. The number of nitrogens with two attached hydrogens (primary N) is 1. The van der Waals surface area contributed by atoms with E-state index in [2.05, 4.69) is 20.3 Å². The van der Waals surface area contributed by atoms with Crippen molar-refractivity contribution in [3.8, 4) is 17.1 Å². The highest BCUT2D eigenvalue weighted by Crippen LogP contribution is 2.26. The summed E-state index contributed by atoms with van der Waals surface area (Å²) in [6.07, 6.45) is 2.12. The zero-order valence-corrected chi connectivity index (χ0v) is 15.5. The second-order valence-corrected chi connectivity index (χ2v) is 6.62. The number of amides is 1. The van der Waals surface area contributed by atoms with Crippen molar-refractivity contribution in [3.05, 3.63) is 42.0 Å². The van der Waals surface area contributed by atoms with Gasteiger partial charge in [-0.15, -0.1) is 0 Å². The highest BCUT2D eigenvalue weighted by atomic mass is 16.5. The van der Waals surface area contributed by atoms with E-state index < -0.39 is 0 Å². The van der Waals surface area contributed by atoms with Crippen LogP contribution in [0.5, 0.6) is 5.88 Å². The molecule has 0 spiro atoms. The summed E-state index contributed by atoms with van der Waals surface area (Å²) < 4.78 is 10.7. The van der Waals surface area contributed by atoms with Crippen molar-refractivity contribution in [2.75, 3.05) is 26.1 Å². The molecule has 144 valence electrons. The number of benzene rings is 1. The molecule has 0 radical (unpaired) electrons. The first kappa shape index (κ1) is 18.1. The summed E-state index contributed by atoms with van der Waals surface area (Å²) in [5.74, 6) is 0.403. The zero-order chi connectivity index (χ0) is 19.5. The van der Waals surface area contributed by atoms with Crippen molar-refractivity contribution in [2.45, 2.75) is 18.9 Å². The quantitative estimate of drug-likeness (QED) is 0.605. The molecule has 3 aromatic rings. The van der Waals surface area contributed by atoms with Crippen LogP contribution in [-0.2, 0) is 4.74 Å². The summed E-state index contributed by atoms with van der Waals surface area (Å²) in [4.78, 5) is 25.2. The number of anilines is 1. The van der Waals surface area contributed by atoms with Crippen molar-refractivity contribution in [2.24, 2.45) is 0 Å². The molecule has 2 aromatic heterocycles. The van der Waals surface area contributed by atoms with Crippen molar-refractivity contribution in [3.63, 3.8) is 0 Å². The van der Waals surface area contributed by atoms with Gasteiger partial charge in [-0.2, -0.15) is 4.98 Å². The predicted molar refractivity (Wildman–Crippen MR) is 105 cm³/mol. The second-order valence-electron chi connectivity index (χ2n) is 6.62. The van der Waals surface area contributed by atoms with Gasteiger partial charge >= 0.3 is 0 Å². The number of methoxy groups -OCH3 is 1. The first-order valence-electron chi connectivity index (χ1n) is 9.11. The molecule has 3 N–H and O–H groups in total. The van der Waals surface area contributed by atoms with Crippen molar-refractivity contribution in [1.82, 2.24) is 20.3 Å². The maximum atomic E-state index is 12.1. The average Bonchev–Trinajstić information content (AvgIpc) is 3.52. The van der Waals surface area contributed by atoms with Crippen LogP contribution in [0.2, 0.25) is 0 Å². The maximum absolute atomic E-state index is 12.1. The summed E-state index contributed by atoms with van der Waals surface area (Å²) in [5, 5.41) is 2.98. The number of aromatic nitrogens is 3. The molecule has 1 amide bonds. The van der Waals surface area contributed by atoms with Crippen LogP contribution in [0.1, 0.15) is 23.2 Å². The molecule has 8 heteroatoms. The number of nitrogens with zero attached hydrogens (tertiary/aromatic N) is 3. The Hall–Kier alpha value is -3.26. The van der Waals surface area contributed by atoms with E-state index in [1.807, 2.05) is 24.3 Å². The van der Waals surface area contributed by atoms with Gasteiger partial charge in [-0.3, -0.25) is 4.79 Å². The Labute approximate surface area is 162 Å². The number of fused-ring (bicyclic) bond motifs is 1. The number of hydrogen-bond donors (Lipinski definition) is 2. The molecule has 0 atom stereocenters. The fourth-order valence-electron chi connectivity index (χ4n) is 2.78. The number of carbonyl (C=O) groups is 1. The molecule has 2 heterocycles. The topological polar surface area (TPSA) is 112 Å². The van der Waals surface area contributed by atoms with Crippen molar-refractivity contribution < 1.29 is 14.3 Å². The molecule has 8 nitrogen and oxygen atoms in total. The molecule has 1 aliphatic rings. The second kappa shape index (κ2) is 7.77. The summed E-state index contributed by atoms with van der Waals surface area (Å²) in [6.45, 7) is 0.758.